The van der Waals surface area contributed by atoms with Crippen molar-refractivity contribution < 1.29 is 0 Å². The van der Waals surface area contributed by atoms with Gasteiger partial charge in [0.15, 0.2) is 0 Å². The Morgan fingerprint density at radius 3 is 3.00 bits per heavy atom. The average Bonchev–Trinajstić information content (AvgIpc) is 2.47. The Morgan fingerprint density at radius 2 is 2.36 bits per heavy atom. The van der Waals surface area contributed by atoms with Crippen LogP contribution in [0.1, 0.15) is 32.6 Å². The lowest BCUT2D eigenvalue weighted by molar-refractivity contribution is 0.225. The first-order valence-electron chi connectivity index (χ1n) is 4.79. The number of nitrogens with one attached hydrogen (secondary N) is 1. The van der Waals surface area contributed by atoms with Crippen LogP contribution >= 0.6 is 0 Å². The summed E-state index contributed by atoms with van der Waals surface area (Å²) in [5.41, 5.74) is 0. The number of unbranched alkanes of at least 4 members (excludes halogenated alkanes) is 1. The minimum atomic E-state index is 0.668. The lowest BCUT2D eigenvalue weighted by atomic mass is 10.3. The lowest BCUT2D eigenvalue weighted by Gasteiger charge is -2.23. The van der Waals surface area contributed by atoms with Crippen molar-refractivity contribution in [2.75, 3.05) is 20.1 Å². The molecule has 1 unspecified atom stereocenters. The van der Waals surface area contributed by atoms with Gasteiger partial charge in [-0.05, 0) is 39.4 Å². The van der Waals surface area contributed by atoms with E-state index < -0.39 is 0 Å². The van der Waals surface area contributed by atoms with Crippen LogP contribution in [0.3, 0.4) is 0 Å². The molecular weight excluding hydrogens is 136 g/mol. The Balaban J connectivity index is 2.20. The molecule has 1 aliphatic heterocycles. The number of hydrogen-bond acceptors (Lipinski definition) is 2. The van der Waals surface area contributed by atoms with E-state index in [1.807, 2.05) is 0 Å². The molecule has 0 aromatic carbocycles. The van der Waals surface area contributed by atoms with Crippen molar-refractivity contribution in [1.82, 2.24) is 10.2 Å². The van der Waals surface area contributed by atoms with Gasteiger partial charge in [-0.1, -0.05) is 13.3 Å². The minimum Gasteiger partial charge on any atom is -0.305 e. The van der Waals surface area contributed by atoms with Crippen molar-refractivity contribution in [1.29, 1.82) is 0 Å². The van der Waals surface area contributed by atoms with Crippen LogP contribution in [0.25, 0.3) is 0 Å². The fraction of sp³-hybridized carbons (Fsp3) is 1.00. The molecule has 2 nitrogen and oxygen atoms in total. The van der Waals surface area contributed by atoms with Crippen LogP contribution in [0.4, 0.5) is 0 Å². The van der Waals surface area contributed by atoms with Gasteiger partial charge in [-0.25, -0.2) is 0 Å². The molecule has 1 heterocycles. The highest BCUT2D eigenvalue weighted by Gasteiger charge is 2.21. The highest BCUT2D eigenvalue weighted by Crippen LogP contribution is 2.14. The smallest absolute Gasteiger partial charge is 0.0595 e. The fourth-order valence-electron chi connectivity index (χ4n) is 1.78. The molecule has 1 rings (SSSR count). The van der Waals surface area contributed by atoms with E-state index in [1.54, 1.807) is 0 Å². The summed E-state index contributed by atoms with van der Waals surface area (Å²) in [5.74, 6) is 0. The van der Waals surface area contributed by atoms with Crippen molar-refractivity contribution >= 4 is 0 Å². The van der Waals surface area contributed by atoms with Gasteiger partial charge in [0, 0.05) is 0 Å². The molecule has 0 spiro atoms. The van der Waals surface area contributed by atoms with Gasteiger partial charge in [0.25, 0.3) is 0 Å². The van der Waals surface area contributed by atoms with Gasteiger partial charge < -0.3 is 5.32 Å². The average molecular weight is 156 g/mol. The zero-order valence-electron chi connectivity index (χ0n) is 7.77. The SMILES string of the molecule is CCCCN1CCCC1NC. The molecule has 0 aromatic heterocycles. The monoisotopic (exact) mass is 156 g/mol. The summed E-state index contributed by atoms with van der Waals surface area (Å²) in [6.45, 7) is 4.83. The first-order valence-corrected chi connectivity index (χ1v) is 4.79. The van der Waals surface area contributed by atoms with Crippen LogP contribution < -0.4 is 5.32 Å². The van der Waals surface area contributed by atoms with E-state index >= 15 is 0 Å². The predicted octanol–water partition coefficient (Wildman–Crippen LogP) is 1.43. The Labute approximate surface area is 70.0 Å². The molecule has 1 saturated heterocycles. The molecular formula is C9H20N2. The molecule has 0 aliphatic carbocycles. The van der Waals surface area contributed by atoms with Crippen LogP contribution in [0.15, 0.2) is 0 Å². The van der Waals surface area contributed by atoms with Gasteiger partial charge in [-0.15, -0.1) is 0 Å². The summed E-state index contributed by atoms with van der Waals surface area (Å²) >= 11 is 0. The topological polar surface area (TPSA) is 15.3 Å². The third-order valence-electron chi connectivity index (χ3n) is 2.50. The molecule has 0 radical (unpaired) electrons. The maximum Gasteiger partial charge on any atom is 0.0595 e. The van der Waals surface area contributed by atoms with Crippen molar-refractivity contribution in [2.45, 2.75) is 38.8 Å². The zero-order valence-corrected chi connectivity index (χ0v) is 7.77. The van der Waals surface area contributed by atoms with Gasteiger partial charge in [0.2, 0.25) is 0 Å². The fourth-order valence-corrected chi connectivity index (χ4v) is 1.78. The summed E-state index contributed by atoms with van der Waals surface area (Å²) in [6.07, 6.45) is 6.03. The molecule has 0 amide bonds. The van der Waals surface area contributed by atoms with E-state index in [2.05, 4.69) is 24.2 Å². The molecule has 1 atom stereocenters. The highest BCUT2D eigenvalue weighted by molar-refractivity contribution is 4.75. The standard InChI is InChI=1S/C9H20N2/c1-3-4-7-11-8-5-6-9(11)10-2/h9-10H,3-8H2,1-2H3. The molecule has 66 valence electrons. The van der Waals surface area contributed by atoms with Gasteiger partial charge in [0.05, 0.1) is 6.17 Å². The molecule has 0 bridgehead atoms. The van der Waals surface area contributed by atoms with E-state index in [0.717, 1.165) is 0 Å². The normalized spacial score (nSPS) is 26.2. The van der Waals surface area contributed by atoms with Crippen LogP contribution in [-0.2, 0) is 0 Å². The van der Waals surface area contributed by atoms with E-state index in [1.165, 1.54) is 38.8 Å². The van der Waals surface area contributed by atoms with Crippen LogP contribution in [0, 0.1) is 0 Å². The molecule has 1 aliphatic rings. The second kappa shape index (κ2) is 4.73. The number of rotatable bonds is 4. The van der Waals surface area contributed by atoms with Gasteiger partial charge in [-0.3, -0.25) is 4.90 Å². The predicted molar refractivity (Wildman–Crippen MR) is 48.6 cm³/mol. The summed E-state index contributed by atoms with van der Waals surface area (Å²) < 4.78 is 0. The maximum absolute atomic E-state index is 3.35. The Morgan fingerprint density at radius 1 is 1.55 bits per heavy atom. The number of hydrogen-bond donors (Lipinski definition) is 1. The van der Waals surface area contributed by atoms with Gasteiger partial charge in [-0.2, -0.15) is 0 Å². The third kappa shape index (κ3) is 2.46. The van der Waals surface area contributed by atoms with Crippen molar-refractivity contribution in [2.24, 2.45) is 0 Å². The van der Waals surface area contributed by atoms with Crippen molar-refractivity contribution in [3.63, 3.8) is 0 Å². The maximum atomic E-state index is 3.35. The van der Waals surface area contributed by atoms with E-state index in [-0.39, 0.29) is 0 Å². The van der Waals surface area contributed by atoms with Gasteiger partial charge >= 0.3 is 0 Å². The molecule has 2 heteroatoms. The summed E-state index contributed by atoms with van der Waals surface area (Å²) in [5, 5.41) is 3.35. The Bertz CT molecular complexity index is 104. The minimum absolute atomic E-state index is 0.668. The second-order valence-corrected chi connectivity index (χ2v) is 3.34. The highest BCUT2D eigenvalue weighted by atomic mass is 15.3. The van der Waals surface area contributed by atoms with Gasteiger partial charge in [0.1, 0.15) is 0 Å². The number of nitrogens with zero attached hydrogens (tertiary/aromatic N) is 1. The van der Waals surface area contributed by atoms with E-state index in [9.17, 15) is 0 Å². The molecule has 1 N–H and O–H groups in total. The van der Waals surface area contributed by atoms with Crippen molar-refractivity contribution in [3.8, 4) is 0 Å². The molecule has 0 aromatic rings. The quantitative estimate of drug-likeness (QED) is 0.662. The van der Waals surface area contributed by atoms with Crippen LogP contribution in [-0.4, -0.2) is 31.2 Å². The lowest BCUT2D eigenvalue weighted by Crippen LogP contribution is -2.39. The summed E-state index contributed by atoms with van der Waals surface area (Å²) in [6, 6.07) is 0. The second-order valence-electron chi connectivity index (χ2n) is 3.34. The van der Waals surface area contributed by atoms with E-state index in [4.69, 9.17) is 0 Å². The molecule has 11 heavy (non-hydrogen) atoms. The summed E-state index contributed by atoms with van der Waals surface area (Å²) in [4.78, 5) is 2.56. The molecule has 1 fully saturated rings. The third-order valence-corrected chi connectivity index (χ3v) is 2.50. The summed E-state index contributed by atoms with van der Waals surface area (Å²) in [7, 11) is 2.06. The first kappa shape index (κ1) is 9.01. The molecule has 0 saturated carbocycles. The Kier molecular flexibility index (Phi) is 3.87. The van der Waals surface area contributed by atoms with Crippen LogP contribution in [0.2, 0.25) is 0 Å². The number of likely N-dealkylation sites (tertiary alicyclic amines) is 1. The van der Waals surface area contributed by atoms with Crippen molar-refractivity contribution in [3.05, 3.63) is 0 Å². The Hall–Kier alpha value is -0.0800. The van der Waals surface area contributed by atoms with E-state index in [0.29, 0.717) is 6.17 Å². The first-order chi connectivity index (χ1) is 5.38. The zero-order chi connectivity index (χ0) is 8.10. The van der Waals surface area contributed by atoms with Crippen LogP contribution in [0.5, 0.6) is 0 Å². The largest absolute Gasteiger partial charge is 0.305 e.